The van der Waals surface area contributed by atoms with Crippen LogP contribution in [0.15, 0.2) is 18.2 Å². The van der Waals surface area contributed by atoms with Gasteiger partial charge in [0.15, 0.2) is 0 Å². The Balaban J connectivity index is 2.75. The molecule has 1 unspecified atom stereocenters. The van der Waals surface area contributed by atoms with Crippen LogP contribution in [0, 0.1) is 0 Å². The molecular formula is C17H21ClN2O2. The number of benzene rings is 1. The zero-order valence-electron chi connectivity index (χ0n) is 13.4. The molecule has 1 atom stereocenters. The molecule has 0 saturated carbocycles. The van der Waals surface area contributed by atoms with Crippen molar-refractivity contribution in [2.75, 3.05) is 7.11 Å². The number of rotatable bonds is 6. The normalized spacial score (nSPS) is 12.4. The molecule has 0 bridgehead atoms. The van der Waals surface area contributed by atoms with E-state index in [2.05, 4.69) is 31.0 Å². The van der Waals surface area contributed by atoms with E-state index < -0.39 is 0 Å². The summed E-state index contributed by atoms with van der Waals surface area (Å²) < 4.78 is 6.71. The first-order valence-corrected chi connectivity index (χ1v) is 7.83. The molecule has 0 aliphatic heterocycles. The lowest BCUT2D eigenvalue weighted by Gasteiger charge is -2.12. The highest BCUT2D eigenvalue weighted by Gasteiger charge is 2.23. The van der Waals surface area contributed by atoms with E-state index in [1.54, 1.807) is 7.11 Å². The molecule has 1 aromatic heterocycles. The Labute approximate surface area is 136 Å². The summed E-state index contributed by atoms with van der Waals surface area (Å²) in [7, 11) is 1.60. The number of aromatic nitrogens is 2. The number of carbonyl (C=O) groups excluding carboxylic acids is 1. The first-order valence-electron chi connectivity index (χ1n) is 7.45. The smallest absolute Gasteiger partial charge is 0.220 e. The molecule has 0 N–H and O–H groups in total. The molecule has 0 saturated heterocycles. The predicted octanol–water partition coefficient (Wildman–Crippen LogP) is 4.07. The molecule has 0 spiro atoms. The Morgan fingerprint density at radius 1 is 1.32 bits per heavy atom. The highest BCUT2D eigenvalue weighted by atomic mass is 35.5. The second-order valence-corrected chi connectivity index (χ2v) is 5.48. The molecule has 4 nitrogen and oxygen atoms in total. The highest BCUT2D eigenvalue weighted by Crippen LogP contribution is 2.33. The monoisotopic (exact) mass is 320 g/mol. The third kappa shape index (κ3) is 2.81. The summed E-state index contributed by atoms with van der Waals surface area (Å²) in [5.41, 5.74) is 3.89. The average Bonchev–Trinajstić information content (AvgIpc) is 2.89. The van der Waals surface area contributed by atoms with Crippen LogP contribution in [-0.4, -0.2) is 23.1 Å². The minimum atomic E-state index is -0.272. The third-order valence-electron chi connectivity index (χ3n) is 3.94. The van der Waals surface area contributed by atoms with Gasteiger partial charge in [-0.2, -0.15) is 0 Å². The maximum absolute atomic E-state index is 11.5. The van der Waals surface area contributed by atoms with Crippen molar-refractivity contribution in [3.05, 3.63) is 40.2 Å². The van der Waals surface area contributed by atoms with Crippen molar-refractivity contribution in [1.82, 2.24) is 9.55 Å². The van der Waals surface area contributed by atoms with Crippen molar-refractivity contribution in [2.45, 2.75) is 39.7 Å². The Morgan fingerprint density at radius 3 is 2.36 bits per heavy atom. The number of carbonyl (C=O) groups is 1. The van der Waals surface area contributed by atoms with Crippen LogP contribution in [0.2, 0.25) is 5.15 Å². The molecule has 0 radical (unpaired) electrons. The van der Waals surface area contributed by atoms with Gasteiger partial charge < -0.3 is 4.74 Å². The summed E-state index contributed by atoms with van der Waals surface area (Å²) in [5.74, 6) is 0.591. The second kappa shape index (κ2) is 7.07. The van der Waals surface area contributed by atoms with E-state index >= 15 is 0 Å². The Hall–Kier alpha value is -1.65. The van der Waals surface area contributed by atoms with Gasteiger partial charge in [-0.25, -0.2) is 4.98 Å². The Morgan fingerprint density at radius 2 is 1.91 bits per heavy atom. The zero-order valence-corrected chi connectivity index (χ0v) is 14.1. The van der Waals surface area contributed by atoms with Gasteiger partial charge in [0, 0.05) is 12.7 Å². The third-order valence-corrected chi connectivity index (χ3v) is 4.32. The standard InChI is InChI=1S/C17H21ClN2O2/c1-5-12-8-7-9-13(6-2)14(12)17-19-15(11(3)22-4)16(18)20(17)10-21/h7-11H,5-6H2,1-4H3. The molecule has 1 heterocycles. The lowest BCUT2D eigenvalue weighted by Crippen LogP contribution is -2.03. The number of hydrogen-bond acceptors (Lipinski definition) is 3. The molecule has 22 heavy (non-hydrogen) atoms. The fourth-order valence-corrected chi connectivity index (χ4v) is 2.92. The number of methoxy groups -OCH3 is 1. The minimum Gasteiger partial charge on any atom is -0.375 e. The number of aryl methyl sites for hydroxylation is 2. The molecule has 0 fully saturated rings. The van der Waals surface area contributed by atoms with E-state index in [4.69, 9.17) is 16.3 Å². The fourth-order valence-electron chi connectivity index (χ4n) is 2.60. The van der Waals surface area contributed by atoms with Crippen molar-refractivity contribution < 1.29 is 9.53 Å². The molecule has 0 aliphatic rings. The first kappa shape index (κ1) is 16.7. The summed E-state index contributed by atoms with van der Waals surface area (Å²) in [5, 5.41) is 0.312. The number of halogens is 1. The second-order valence-electron chi connectivity index (χ2n) is 5.12. The van der Waals surface area contributed by atoms with Crippen molar-refractivity contribution in [2.24, 2.45) is 0 Å². The Bertz CT molecular complexity index is 657. The number of nitrogens with zero attached hydrogens (tertiary/aromatic N) is 2. The minimum absolute atomic E-state index is 0.272. The number of imidazole rings is 1. The van der Waals surface area contributed by atoms with Crippen LogP contribution in [0.4, 0.5) is 0 Å². The largest absolute Gasteiger partial charge is 0.375 e. The van der Waals surface area contributed by atoms with E-state index in [1.165, 1.54) is 4.57 Å². The van der Waals surface area contributed by atoms with Gasteiger partial charge >= 0.3 is 0 Å². The van der Waals surface area contributed by atoms with Crippen LogP contribution in [0.1, 0.15) is 43.7 Å². The fraction of sp³-hybridized carbons (Fsp3) is 0.412. The van der Waals surface area contributed by atoms with E-state index in [0.717, 1.165) is 29.5 Å². The topological polar surface area (TPSA) is 44.1 Å². The average molecular weight is 321 g/mol. The van der Waals surface area contributed by atoms with Crippen molar-refractivity contribution in [1.29, 1.82) is 0 Å². The van der Waals surface area contributed by atoms with Crippen LogP contribution in [0.3, 0.4) is 0 Å². The van der Waals surface area contributed by atoms with E-state index in [0.29, 0.717) is 23.1 Å². The van der Waals surface area contributed by atoms with Gasteiger partial charge in [-0.05, 0) is 30.9 Å². The van der Waals surface area contributed by atoms with Gasteiger partial charge in [0.2, 0.25) is 6.41 Å². The lowest BCUT2D eigenvalue weighted by atomic mass is 9.97. The molecular weight excluding hydrogens is 300 g/mol. The van der Waals surface area contributed by atoms with Gasteiger partial charge in [-0.15, -0.1) is 0 Å². The van der Waals surface area contributed by atoms with Gasteiger partial charge in [0.1, 0.15) is 16.7 Å². The SMILES string of the molecule is CCc1cccc(CC)c1-c1nc(C(C)OC)c(Cl)n1C=O. The van der Waals surface area contributed by atoms with E-state index in [-0.39, 0.29) is 6.10 Å². The first-order chi connectivity index (χ1) is 10.6. The maximum Gasteiger partial charge on any atom is 0.220 e. The van der Waals surface area contributed by atoms with Crippen LogP contribution in [-0.2, 0) is 22.4 Å². The van der Waals surface area contributed by atoms with Crippen LogP contribution in [0.5, 0.6) is 0 Å². The van der Waals surface area contributed by atoms with Crippen molar-refractivity contribution >= 4 is 18.0 Å². The van der Waals surface area contributed by atoms with Crippen molar-refractivity contribution in [3.63, 3.8) is 0 Å². The number of hydrogen-bond donors (Lipinski definition) is 0. The van der Waals surface area contributed by atoms with E-state index in [9.17, 15) is 4.79 Å². The summed E-state index contributed by atoms with van der Waals surface area (Å²) in [6.45, 7) is 6.04. The number of ether oxygens (including phenoxy) is 1. The summed E-state index contributed by atoms with van der Waals surface area (Å²) >= 11 is 6.33. The van der Waals surface area contributed by atoms with Gasteiger partial charge in [-0.1, -0.05) is 43.6 Å². The summed E-state index contributed by atoms with van der Waals surface area (Å²) in [6.07, 6.45) is 2.16. The van der Waals surface area contributed by atoms with Gasteiger partial charge in [0.25, 0.3) is 0 Å². The molecule has 118 valence electrons. The van der Waals surface area contributed by atoms with Gasteiger partial charge in [-0.3, -0.25) is 9.36 Å². The molecule has 2 rings (SSSR count). The zero-order chi connectivity index (χ0) is 16.3. The lowest BCUT2D eigenvalue weighted by molar-refractivity contribution is 0.116. The van der Waals surface area contributed by atoms with Crippen LogP contribution >= 0.6 is 11.6 Å². The quantitative estimate of drug-likeness (QED) is 0.753. The van der Waals surface area contributed by atoms with Crippen LogP contribution < -0.4 is 0 Å². The molecule has 5 heteroatoms. The summed E-state index contributed by atoms with van der Waals surface area (Å²) in [4.78, 5) is 16.2. The van der Waals surface area contributed by atoms with Crippen LogP contribution in [0.25, 0.3) is 11.4 Å². The molecule has 1 aromatic carbocycles. The molecule has 2 aromatic rings. The summed E-state index contributed by atoms with van der Waals surface area (Å²) in [6, 6.07) is 6.16. The molecule has 0 aliphatic carbocycles. The Kier molecular flexibility index (Phi) is 5.37. The van der Waals surface area contributed by atoms with E-state index in [1.807, 2.05) is 13.0 Å². The molecule has 0 amide bonds. The predicted molar refractivity (Wildman–Crippen MR) is 89.0 cm³/mol. The maximum atomic E-state index is 11.5. The van der Waals surface area contributed by atoms with Gasteiger partial charge in [0.05, 0.1) is 6.10 Å². The highest BCUT2D eigenvalue weighted by molar-refractivity contribution is 6.31. The van der Waals surface area contributed by atoms with Crippen molar-refractivity contribution in [3.8, 4) is 11.4 Å².